The minimum absolute atomic E-state index is 0.0199. The zero-order valence-electron chi connectivity index (χ0n) is 20.6. The van der Waals surface area contributed by atoms with Gasteiger partial charge in [0.15, 0.2) is 6.61 Å². The van der Waals surface area contributed by atoms with E-state index in [-0.39, 0.29) is 36.1 Å². The number of non-ortho nitro benzene ring substituents is 1. The van der Waals surface area contributed by atoms with E-state index in [0.29, 0.717) is 5.57 Å². The number of benzene rings is 1. The molecule has 1 aromatic carbocycles. The minimum Gasteiger partial charge on any atom is -0.484 e. The number of likely N-dealkylation sites (tertiary alicyclic amines) is 1. The fourth-order valence-electron chi connectivity index (χ4n) is 3.40. The Morgan fingerprint density at radius 3 is 2.49 bits per heavy atom. The van der Waals surface area contributed by atoms with Crippen LogP contribution >= 0.6 is 0 Å². The molecule has 0 aliphatic carbocycles. The number of carboxylic acids is 1. The second-order valence-electron chi connectivity index (χ2n) is 8.66. The minimum atomic E-state index is -1.61. The van der Waals surface area contributed by atoms with Crippen molar-refractivity contribution in [3.63, 3.8) is 0 Å². The highest BCUT2D eigenvalue weighted by molar-refractivity contribution is 7.88. The molecular formula is C23H29N3O10S. The Bertz CT molecular complexity index is 1090. The van der Waals surface area contributed by atoms with Crippen LogP contribution in [0, 0.1) is 16.0 Å². The lowest BCUT2D eigenvalue weighted by Crippen LogP contribution is -2.72. The van der Waals surface area contributed by atoms with Gasteiger partial charge in [0.2, 0.25) is 5.91 Å². The van der Waals surface area contributed by atoms with Crippen LogP contribution < -0.4 is 10.1 Å². The van der Waals surface area contributed by atoms with Crippen molar-refractivity contribution in [1.82, 2.24) is 10.2 Å². The quantitative estimate of drug-likeness (QED) is 0.150. The molecule has 14 heteroatoms. The number of rotatable bonds is 14. The van der Waals surface area contributed by atoms with Crippen molar-refractivity contribution in [2.24, 2.45) is 5.92 Å². The fraction of sp³-hybridized carbons (Fsp3) is 0.478. The third kappa shape index (κ3) is 8.97. The number of nitrogens with zero attached hydrogens (tertiary/aromatic N) is 2. The Kier molecular flexibility index (Phi) is 10.7. The Morgan fingerprint density at radius 2 is 1.92 bits per heavy atom. The molecule has 3 unspecified atom stereocenters. The first-order valence-corrected chi connectivity index (χ1v) is 12.7. The average Bonchev–Trinajstić information content (AvgIpc) is 2.83. The van der Waals surface area contributed by atoms with Crippen LogP contribution in [0.5, 0.6) is 5.75 Å². The van der Waals surface area contributed by atoms with Crippen LogP contribution in [0.25, 0.3) is 0 Å². The summed E-state index contributed by atoms with van der Waals surface area (Å²) in [5.74, 6) is -2.72. The predicted octanol–water partition coefficient (Wildman–Crippen LogP) is 0.996. The topological polar surface area (TPSA) is 182 Å². The molecule has 0 bridgehead atoms. The Balaban J connectivity index is 1.99. The lowest BCUT2D eigenvalue weighted by Gasteiger charge is -2.47. The van der Waals surface area contributed by atoms with Gasteiger partial charge in [-0.2, -0.15) is 0 Å². The third-order valence-electron chi connectivity index (χ3n) is 5.11. The molecule has 1 aliphatic rings. The van der Waals surface area contributed by atoms with Crippen LogP contribution in [0.4, 0.5) is 5.69 Å². The summed E-state index contributed by atoms with van der Waals surface area (Å²) in [4.78, 5) is 59.0. The highest BCUT2D eigenvalue weighted by atomic mass is 32.2. The van der Waals surface area contributed by atoms with Gasteiger partial charge in [0.25, 0.3) is 11.6 Å². The highest BCUT2D eigenvalue weighted by Gasteiger charge is 2.49. The van der Waals surface area contributed by atoms with Crippen molar-refractivity contribution in [2.45, 2.75) is 39.3 Å². The van der Waals surface area contributed by atoms with Gasteiger partial charge >= 0.3 is 11.9 Å². The number of carbonyl (C=O) groups excluding carboxylic acids is 3. The average molecular weight is 540 g/mol. The van der Waals surface area contributed by atoms with Gasteiger partial charge in [-0.3, -0.25) is 33.5 Å². The standard InChI is InChI=1S/C23H29N3O10S/c1-14(2)11-36-20(30)8-9-37(34)13-15(3)22-21(23(31)25(22)10-19(28)29)24-18(27)12-35-17-6-4-16(5-7-17)26(32)33/h4-7,13-14,21-22H,8-12H2,1-3H3,(H,24,27)(H,28,29). The molecule has 202 valence electrons. The van der Waals surface area contributed by atoms with Crippen molar-refractivity contribution < 1.29 is 42.9 Å². The van der Waals surface area contributed by atoms with E-state index in [1.165, 1.54) is 29.7 Å². The van der Waals surface area contributed by atoms with Crippen LogP contribution in [0.15, 0.2) is 35.2 Å². The number of amides is 2. The molecule has 2 amide bonds. The number of carbonyl (C=O) groups is 4. The number of nitro benzene ring substituents is 1. The number of hydrogen-bond donors (Lipinski definition) is 2. The fourth-order valence-corrected chi connectivity index (χ4v) is 4.44. The van der Waals surface area contributed by atoms with Crippen molar-refractivity contribution in [3.8, 4) is 5.75 Å². The van der Waals surface area contributed by atoms with Crippen LogP contribution in [-0.2, 0) is 34.7 Å². The smallest absolute Gasteiger partial charge is 0.323 e. The largest absolute Gasteiger partial charge is 0.484 e. The second kappa shape index (κ2) is 13.5. The molecule has 37 heavy (non-hydrogen) atoms. The highest BCUT2D eigenvalue weighted by Crippen LogP contribution is 2.27. The van der Waals surface area contributed by atoms with E-state index in [0.717, 1.165) is 4.90 Å². The summed E-state index contributed by atoms with van der Waals surface area (Å²) in [7, 11) is -1.61. The normalized spacial score (nSPS) is 18.1. The van der Waals surface area contributed by atoms with E-state index < -0.39 is 64.7 Å². The van der Waals surface area contributed by atoms with Gasteiger partial charge in [-0.15, -0.1) is 0 Å². The number of ether oxygens (including phenoxy) is 2. The molecule has 0 saturated carbocycles. The maximum absolute atomic E-state index is 12.5. The van der Waals surface area contributed by atoms with Crippen molar-refractivity contribution in [2.75, 3.05) is 25.5 Å². The summed E-state index contributed by atoms with van der Waals surface area (Å²) in [6.07, 6.45) is -0.0777. The summed E-state index contributed by atoms with van der Waals surface area (Å²) in [5, 5.41) is 23.7. The third-order valence-corrected chi connectivity index (χ3v) is 6.35. The summed E-state index contributed by atoms with van der Waals surface area (Å²) >= 11 is 0. The maximum Gasteiger partial charge on any atom is 0.323 e. The lowest BCUT2D eigenvalue weighted by atomic mass is 9.89. The lowest BCUT2D eigenvalue weighted by molar-refractivity contribution is -0.384. The zero-order chi connectivity index (χ0) is 27.7. The molecule has 13 nitrogen and oxygen atoms in total. The van der Waals surface area contributed by atoms with E-state index in [2.05, 4.69) is 5.32 Å². The van der Waals surface area contributed by atoms with E-state index in [1.807, 2.05) is 13.8 Å². The Hall–Kier alpha value is -3.81. The first-order chi connectivity index (χ1) is 17.4. The molecule has 3 atom stereocenters. The molecule has 0 spiro atoms. The number of aliphatic carboxylic acids is 1. The van der Waals surface area contributed by atoms with Gasteiger partial charge in [0.1, 0.15) is 18.3 Å². The molecule has 2 rings (SSSR count). The Morgan fingerprint density at radius 1 is 1.27 bits per heavy atom. The van der Waals surface area contributed by atoms with Crippen molar-refractivity contribution >= 4 is 40.2 Å². The van der Waals surface area contributed by atoms with E-state index in [9.17, 15) is 33.5 Å². The van der Waals surface area contributed by atoms with Gasteiger partial charge in [-0.05, 0) is 30.5 Å². The Labute approximate surface area is 215 Å². The number of esters is 1. The zero-order valence-corrected chi connectivity index (χ0v) is 21.4. The molecule has 2 N–H and O–H groups in total. The summed E-state index contributed by atoms with van der Waals surface area (Å²) < 4.78 is 22.8. The van der Waals surface area contributed by atoms with Gasteiger partial charge in [0.05, 0.1) is 24.0 Å². The van der Waals surface area contributed by atoms with Gasteiger partial charge in [-0.25, -0.2) is 0 Å². The van der Waals surface area contributed by atoms with Crippen molar-refractivity contribution in [1.29, 1.82) is 0 Å². The molecule has 1 aliphatic heterocycles. The SMILES string of the molecule is CC(=CS(=O)CCC(=O)OCC(C)C)C1C(NC(=O)COc2ccc([N+](=O)[O-])cc2)C(=O)N1CC(=O)O. The summed E-state index contributed by atoms with van der Waals surface area (Å²) in [6, 6.07) is 3.10. The van der Waals surface area contributed by atoms with E-state index >= 15 is 0 Å². The predicted molar refractivity (Wildman–Crippen MR) is 131 cm³/mol. The maximum atomic E-state index is 12.5. The molecule has 0 radical (unpaired) electrons. The van der Waals surface area contributed by atoms with Gasteiger partial charge in [0, 0.05) is 34.1 Å². The number of carboxylic acid groups (broad SMARTS) is 1. The molecule has 1 heterocycles. The van der Waals surface area contributed by atoms with Crippen LogP contribution in [0.2, 0.25) is 0 Å². The number of hydrogen-bond acceptors (Lipinski definition) is 9. The first kappa shape index (κ1) is 29.4. The molecule has 0 aromatic heterocycles. The van der Waals surface area contributed by atoms with E-state index in [4.69, 9.17) is 14.6 Å². The number of β-lactam (4-membered cyclic amide) rings is 1. The van der Waals surface area contributed by atoms with Crippen molar-refractivity contribution in [3.05, 3.63) is 45.4 Å². The van der Waals surface area contributed by atoms with Gasteiger partial charge in [-0.1, -0.05) is 13.8 Å². The number of nitro groups is 1. The molecule has 1 aromatic rings. The molecule has 1 fully saturated rings. The number of nitrogens with one attached hydrogen (secondary N) is 1. The second-order valence-corrected chi connectivity index (χ2v) is 10.1. The van der Waals surface area contributed by atoms with Crippen LogP contribution in [-0.4, -0.2) is 80.5 Å². The summed E-state index contributed by atoms with van der Waals surface area (Å²) in [5.41, 5.74) is 0.238. The monoisotopic (exact) mass is 539 g/mol. The summed E-state index contributed by atoms with van der Waals surface area (Å²) in [6.45, 7) is 4.46. The van der Waals surface area contributed by atoms with Gasteiger partial charge < -0.3 is 24.8 Å². The molecule has 1 saturated heterocycles. The van der Waals surface area contributed by atoms with E-state index in [1.54, 1.807) is 6.92 Å². The first-order valence-electron chi connectivity index (χ1n) is 11.3. The molecular weight excluding hydrogens is 510 g/mol. The van der Waals surface area contributed by atoms with Crippen LogP contribution in [0.3, 0.4) is 0 Å². The van der Waals surface area contributed by atoms with Crippen LogP contribution in [0.1, 0.15) is 27.2 Å².